The monoisotopic (exact) mass is 676 g/mol. The maximum Gasteiger partial charge on any atom is 0.416 e. The third-order valence-corrected chi connectivity index (χ3v) is 11.3. The number of hydrogen-bond acceptors (Lipinski definition) is 6. The molecule has 1 aromatic heterocycles. The lowest BCUT2D eigenvalue weighted by Gasteiger charge is -2.39. The van der Waals surface area contributed by atoms with Gasteiger partial charge in [-0.1, -0.05) is 18.2 Å². The fraction of sp³-hybridized carbons (Fsp3) is 0.514. The number of alkyl halides is 3. The predicted octanol–water partition coefficient (Wildman–Crippen LogP) is 6.33. The second-order valence-electron chi connectivity index (χ2n) is 13.0. The Morgan fingerprint density at radius 2 is 1.57 bits per heavy atom. The minimum atomic E-state index is -4.77. The van der Waals surface area contributed by atoms with E-state index < -0.39 is 40.9 Å². The average Bonchev–Trinajstić information content (AvgIpc) is 3.45. The normalized spacial score (nSPS) is 20.1. The van der Waals surface area contributed by atoms with Crippen LogP contribution in [-0.4, -0.2) is 91.5 Å². The Labute approximate surface area is 276 Å². The van der Waals surface area contributed by atoms with Gasteiger partial charge in [0, 0.05) is 62.6 Å². The molecule has 0 N–H and O–H groups in total. The van der Waals surface area contributed by atoms with Gasteiger partial charge in [0.1, 0.15) is 5.82 Å². The molecule has 3 aromatic rings. The van der Waals surface area contributed by atoms with Crippen LogP contribution in [0, 0.1) is 24.5 Å². The fourth-order valence-electron chi connectivity index (χ4n) is 7.33. The van der Waals surface area contributed by atoms with Crippen molar-refractivity contribution in [2.75, 3.05) is 72.3 Å². The van der Waals surface area contributed by atoms with E-state index in [2.05, 4.69) is 21.7 Å². The Kier molecular flexibility index (Phi) is 10.0. The van der Waals surface area contributed by atoms with E-state index in [0.29, 0.717) is 34.4 Å². The first kappa shape index (κ1) is 34.0. The highest BCUT2D eigenvalue weighted by molar-refractivity contribution is 7.99. The molecule has 0 amide bonds. The summed E-state index contributed by atoms with van der Waals surface area (Å²) in [6, 6.07) is 7.14. The molecule has 4 heterocycles. The van der Waals surface area contributed by atoms with E-state index >= 15 is 8.78 Å². The average molecular weight is 677 g/mol. The lowest BCUT2D eigenvalue weighted by Crippen LogP contribution is -2.50. The number of aromatic nitrogens is 1. The number of ether oxygens (including phenoxy) is 1. The molecule has 0 spiro atoms. The molecular formula is C35H41F5N4O2S. The summed E-state index contributed by atoms with van der Waals surface area (Å²) in [4.78, 5) is 21.6. The number of nitrogens with zero attached hydrogens (tertiary/aromatic N) is 4. The SMILES string of the molecule is COc1cccc(-c2c(C)c(Cc3c(F)cccc3C(F)(F)F)c3n(c2=O)C(CN2CCN(CC4CCN(C)CC4)CC2)CS3)c1F. The standard InChI is InChI=1S/C35H41F5N4O2S/c1-22-26(18-27-28(35(38,39)40)7-5-8-29(27)36)34-44(33(45)31(22)25-6-4-9-30(46-3)32(25)37)24(21-47-34)20-43-16-14-42(15-17-43)19-23-10-12-41(2)13-11-23/h4-9,23-24H,10-21H2,1-3H3. The van der Waals surface area contributed by atoms with Gasteiger partial charge >= 0.3 is 6.18 Å². The topological polar surface area (TPSA) is 41.0 Å². The summed E-state index contributed by atoms with van der Waals surface area (Å²) in [6.07, 6.45) is -2.74. The minimum absolute atomic E-state index is 0.00569. The zero-order valence-corrected chi connectivity index (χ0v) is 27.8. The van der Waals surface area contributed by atoms with Crippen LogP contribution in [0.5, 0.6) is 5.75 Å². The van der Waals surface area contributed by atoms with Crippen LogP contribution in [0.2, 0.25) is 0 Å². The Balaban J connectivity index is 1.34. The lowest BCUT2D eigenvalue weighted by atomic mass is 9.92. The van der Waals surface area contributed by atoms with Crippen LogP contribution in [0.4, 0.5) is 22.0 Å². The van der Waals surface area contributed by atoms with Gasteiger partial charge in [0.2, 0.25) is 0 Å². The van der Waals surface area contributed by atoms with E-state index in [-0.39, 0.29) is 22.9 Å². The third-order valence-electron chi connectivity index (χ3n) is 10.0. The lowest BCUT2D eigenvalue weighted by molar-refractivity contribution is -0.138. The number of hydrogen-bond donors (Lipinski definition) is 0. The number of halogens is 5. The number of pyridine rings is 1. The van der Waals surface area contributed by atoms with E-state index in [1.165, 1.54) is 43.8 Å². The largest absolute Gasteiger partial charge is 0.494 e. The van der Waals surface area contributed by atoms with Gasteiger partial charge in [-0.3, -0.25) is 14.3 Å². The van der Waals surface area contributed by atoms with E-state index in [9.17, 15) is 18.0 Å². The molecule has 47 heavy (non-hydrogen) atoms. The van der Waals surface area contributed by atoms with Gasteiger partial charge in [-0.25, -0.2) is 8.78 Å². The van der Waals surface area contributed by atoms with Gasteiger partial charge in [-0.2, -0.15) is 13.2 Å². The number of thioether (sulfide) groups is 1. The zero-order chi connectivity index (χ0) is 33.5. The number of piperidine rings is 1. The predicted molar refractivity (Wildman–Crippen MR) is 174 cm³/mol. The molecule has 1 atom stereocenters. The highest BCUT2D eigenvalue weighted by Gasteiger charge is 2.37. The summed E-state index contributed by atoms with van der Waals surface area (Å²) in [5.41, 5.74) is -1.17. The molecule has 3 aliphatic heterocycles. The quantitative estimate of drug-likeness (QED) is 0.260. The molecule has 6 rings (SSSR count). The molecule has 1 unspecified atom stereocenters. The van der Waals surface area contributed by atoms with Gasteiger partial charge in [-0.05, 0) is 75.1 Å². The first-order valence-electron chi connectivity index (χ1n) is 16.2. The molecule has 0 bridgehead atoms. The molecule has 2 aromatic carbocycles. The van der Waals surface area contributed by atoms with Crippen molar-refractivity contribution in [3.8, 4) is 16.9 Å². The minimum Gasteiger partial charge on any atom is -0.494 e. The molecule has 2 saturated heterocycles. The van der Waals surface area contributed by atoms with Crippen molar-refractivity contribution >= 4 is 11.8 Å². The Morgan fingerprint density at radius 3 is 2.23 bits per heavy atom. The second kappa shape index (κ2) is 13.9. The Morgan fingerprint density at radius 1 is 0.915 bits per heavy atom. The molecule has 12 heteroatoms. The highest BCUT2D eigenvalue weighted by atomic mass is 32.2. The number of rotatable bonds is 8. The molecule has 3 aliphatic rings. The number of likely N-dealkylation sites (tertiary alicyclic amines) is 1. The molecule has 0 aliphatic carbocycles. The summed E-state index contributed by atoms with van der Waals surface area (Å²) in [6.45, 7) is 9.11. The Hall–Kier alpha value is -2.93. The van der Waals surface area contributed by atoms with Crippen molar-refractivity contribution in [3.63, 3.8) is 0 Å². The van der Waals surface area contributed by atoms with Crippen molar-refractivity contribution in [2.24, 2.45) is 5.92 Å². The van der Waals surface area contributed by atoms with Crippen LogP contribution in [-0.2, 0) is 12.6 Å². The van der Waals surface area contributed by atoms with Crippen LogP contribution < -0.4 is 10.3 Å². The van der Waals surface area contributed by atoms with E-state index in [4.69, 9.17) is 4.74 Å². The number of piperazine rings is 1. The van der Waals surface area contributed by atoms with Crippen molar-refractivity contribution < 1.29 is 26.7 Å². The number of methoxy groups -OCH3 is 1. The van der Waals surface area contributed by atoms with E-state index in [1.54, 1.807) is 17.6 Å². The summed E-state index contributed by atoms with van der Waals surface area (Å²) >= 11 is 1.40. The van der Waals surface area contributed by atoms with Gasteiger partial charge in [0.15, 0.2) is 11.6 Å². The first-order chi connectivity index (χ1) is 22.5. The van der Waals surface area contributed by atoms with Crippen LogP contribution in [0.1, 0.15) is 41.1 Å². The summed E-state index contributed by atoms with van der Waals surface area (Å²) < 4.78 is 79.8. The smallest absolute Gasteiger partial charge is 0.416 e. The van der Waals surface area contributed by atoms with Crippen LogP contribution in [0.25, 0.3) is 11.1 Å². The van der Waals surface area contributed by atoms with Gasteiger partial charge in [-0.15, -0.1) is 11.8 Å². The highest BCUT2D eigenvalue weighted by Crippen LogP contribution is 2.42. The number of benzene rings is 2. The Bertz CT molecular complexity index is 1660. The van der Waals surface area contributed by atoms with Crippen molar-refractivity contribution in [1.29, 1.82) is 0 Å². The first-order valence-corrected chi connectivity index (χ1v) is 17.2. The maximum absolute atomic E-state index is 15.7. The summed E-state index contributed by atoms with van der Waals surface area (Å²) in [7, 11) is 3.49. The maximum atomic E-state index is 15.7. The molecule has 0 saturated carbocycles. The van der Waals surface area contributed by atoms with Gasteiger partial charge in [0.25, 0.3) is 5.56 Å². The van der Waals surface area contributed by atoms with Crippen LogP contribution >= 0.6 is 11.8 Å². The van der Waals surface area contributed by atoms with Gasteiger partial charge < -0.3 is 14.5 Å². The van der Waals surface area contributed by atoms with Crippen molar-refractivity contribution in [1.82, 2.24) is 19.3 Å². The molecule has 0 radical (unpaired) electrons. The van der Waals surface area contributed by atoms with E-state index in [0.717, 1.165) is 64.0 Å². The molecule has 254 valence electrons. The van der Waals surface area contributed by atoms with Crippen molar-refractivity contribution in [3.05, 3.63) is 80.6 Å². The van der Waals surface area contributed by atoms with E-state index in [1.807, 2.05) is 0 Å². The molecular weight excluding hydrogens is 635 g/mol. The summed E-state index contributed by atoms with van der Waals surface area (Å²) in [5.74, 6) is -0.516. The van der Waals surface area contributed by atoms with Crippen LogP contribution in [0.3, 0.4) is 0 Å². The second-order valence-corrected chi connectivity index (χ2v) is 14.0. The summed E-state index contributed by atoms with van der Waals surface area (Å²) in [5, 5.41) is 0.516. The third kappa shape index (κ3) is 6.97. The number of fused-ring (bicyclic) bond motifs is 1. The molecule has 2 fully saturated rings. The zero-order valence-electron chi connectivity index (χ0n) is 27.0. The van der Waals surface area contributed by atoms with Crippen LogP contribution in [0.15, 0.2) is 46.2 Å². The van der Waals surface area contributed by atoms with Crippen molar-refractivity contribution in [2.45, 2.75) is 43.4 Å². The molecule has 6 nitrogen and oxygen atoms in total. The fourth-order valence-corrected chi connectivity index (χ4v) is 8.71. The van der Waals surface area contributed by atoms with Gasteiger partial charge in [0.05, 0.1) is 29.3 Å².